The summed E-state index contributed by atoms with van der Waals surface area (Å²) in [5.41, 5.74) is 0. The van der Waals surface area contributed by atoms with Gasteiger partial charge in [-0.05, 0) is 24.3 Å². The van der Waals surface area contributed by atoms with Crippen LogP contribution in [0.3, 0.4) is 0 Å². The summed E-state index contributed by atoms with van der Waals surface area (Å²) in [5.74, 6) is 1.95. The monoisotopic (exact) mass is 224 g/mol. The molecular weight excluding hydrogens is 212 g/mol. The Balaban J connectivity index is 1.88. The molecule has 0 spiro atoms. The Hall–Kier alpha value is -1.43. The maximum Gasteiger partial charge on any atom is 0.227 e. The number of rotatable bonds is 4. The van der Waals surface area contributed by atoms with E-state index in [0.717, 1.165) is 29.6 Å². The molecule has 0 fully saturated rings. The van der Waals surface area contributed by atoms with Gasteiger partial charge in [0.1, 0.15) is 11.5 Å². The molecular formula is C9H12N4OS. The minimum atomic E-state index is 0.832. The maximum atomic E-state index is 5.48. The number of hydrogen-bond acceptors (Lipinski definition) is 6. The van der Waals surface area contributed by atoms with E-state index in [9.17, 15) is 0 Å². The number of anilines is 1. The fourth-order valence-electron chi connectivity index (χ4n) is 1.27. The van der Waals surface area contributed by atoms with E-state index in [1.54, 1.807) is 0 Å². The Kier molecular flexibility index (Phi) is 2.96. The number of aryl methyl sites for hydroxylation is 1. The van der Waals surface area contributed by atoms with E-state index in [1.165, 1.54) is 11.5 Å². The molecule has 0 aliphatic carbocycles. The molecule has 2 heterocycles. The summed E-state index contributed by atoms with van der Waals surface area (Å²) in [6.45, 7) is 2.80. The molecule has 80 valence electrons. The maximum absolute atomic E-state index is 5.48. The van der Waals surface area contributed by atoms with E-state index in [4.69, 9.17) is 4.42 Å². The molecule has 0 atom stereocenters. The lowest BCUT2D eigenvalue weighted by atomic mass is 10.3. The summed E-state index contributed by atoms with van der Waals surface area (Å²) < 4.78 is 9.19. The third-order valence-corrected chi connectivity index (χ3v) is 2.82. The summed E-state index contributed by atoms with van der Waals surface area (Å²) in [6, 6.07) is 3.98. The first-order chi connectivity index (χ1) is 7.25. The molecule has 6 heteroatoms. The van der Waals surface area contributed by atoms with E-state index in [0.29, 0.717) is 0 Å². The lowest BCUT2D eigenvalue weighted by Crippen LogP contribution is -2.19. The van der Waals surface area contributed by atoms with Gasteiger partial charge in [0.15, 0.2) is 0 Å². The predicted molar refractivity (Wildman–Crippen MR) is 58.1 cm³/mol. The molecule has 15 heavy (non-hydrogen) atoms. The van der Waals surface area contributed by atoms with Gasteiger partial charge in [0.05, 0.1) is 0 Å². The van der Waals surface area contributed by atoms with Gasteiger partial charge in [-0.15, -0.1) is 0 Å². The van der Waals surface area contributed by atoms with Crippen molar-refractivity contribution in [2.24, 2.45) is 0 Å². The van der Waals surface area contributed by atoms with Crippen molar-refractivity contribution in [3.05, 3.63) is 23.7 Å². The van der Waals surface area contributed by atoms with E-state index >= 15 is 0 Å². The molecule has 2 rings (SSSR count). The van der Waals surface area contributed by atoms with Crippen LogP contribution in [0.4, 0.5) is 5.13 Å². The summed E-state index contributed by atoms with van der Waals surface area (Å²) in [7, 11) is 1.97. The van der Waals surface area contributed by atoms with Crippen LogP contribution in [0.15, 0.2) is 16.5 Å². The van der Waals surface area contributed by atoms with Gasteiger partial charge < -0.3 is 9.32 Å². The van der Waals surface area contributed by atoms with Crippen LogP contribution in [0.2, 0.25) is 0 Å². The zero-order chi connectivity index (χ0) is 10.7. The van der Waals surface area contributed by atoms with Gasteiger partial charge in [-0.1, -0.05) is 9.59 Å². The fourth-order valence-corrected chi connectivity index (χ4v) is 1.72. The van der Waals surface area contributed by atoms with E-state index in [-0.39, 0.29) is 0 Å². The van der Waals surface area contributed by atoms with Crippen molar-refractivity contribution in [1.82, 2.24) is 14.8 Å². The molecule has 5 nitrogen and oxygen atoms in total. The Bertz CT molecular complexity index is 411. The number of hydrogen-bond donors (Lipinski definition) is 0. The molecule has 0 amide bonds. The third kappa shape index (κ3) is 2.53. The van der Waals surface area contributed by atoms with Gasteiger partial charge >= 0.3 is 0 Å². The minimum Gasteiger partial charge on any atom is -0.466 e. The zero-order valence-electron chi connectivity index (χ0n) is 8.67. The highest BCUT2D eigenvalue weighted by Crippen LogP contribution is 2.13. The number of aromatic nitrogens is 3. The summed E-state index contributed by atoms with van der Waals surface area (Å²) in [4.78, 5) is 2.02. The molecule has 0 radical (unpaired) electrons. The summed E-state index contributed by atoms with van der Waals surface area (Å²) in [6.07, 6.45) is 0.865. The number of furan rings is 1. The number of likely N-dealkylation sites (N-methyl/N-ethyl adjacent to an activating group) is 1. The molecule has 0 saturated carbocycles. The largest absolute Gasteiger partial charge is 0.466 e. The van der Waals surface area contributed by atoms with Crippen molar-refractivity contribution in [3.63, 3.8) is 0 Å². The first-order valence-electron chi connectivity index (χ1n) is 4.67. The zero-order valence-corrected chi connectivity index (χ0v) is 9.49. The topological polar surface area (TPSA) is 55.1 Å². The molecule has 0 aliphatic rings. The molecule has 0 unspecified atom stereocenters. The smallest absolute Gasteiger partial charge is 0.227 e. The van der Waals surface area contributed by atoms with Crippen molar-refractivity contribution in [1.29, 1.82) is 0 Å². The molecule has 0 N–H and O–H groups in total. The normalized spacial score (nSPS) is 10.5. The van der Waals surface area contributed by atoms with Gasteiger partial charge in [-0.25, -0.2) is 0 Å². The standard InChI is InChI=1S/C9H12N4OS/c1-7-3-4-8(14-7)5-6-13(2)9-10-11-12-15-9/h3-4H,5-6H2,1-2H3. The van der Waals surface area contributed by atoms with Crippen molar-refractivity contribution in [3.8, 4) is 0 Å². The van der Waals surface area contributed by atoms with Gasteiger partial charge in [0, 0.05) is 31.5 Å². The van der Waals surface area contributed by atoms with Gasteiger partial charge in [-0.3, -0.25) is 0 Å². The van der Waals surface area contributed by atoms with Crippen LogP contribution in [0.1, 0.15) is 11.5 Å². The second kappa shape index (κ2) is 4.39. The molecule has 2 aromatic heterocycles. The van der Waals surface area contributed by atoms with Crippen LogP contribution in [-0.4, -0.2) is 28.4 Å². The third-order valence-electron chi connectivity index (χ3n) is 2.11. The lowest BCUT2D eigenvalue weighted by Gasteiger charge is -2.12. The highest BCUT2D eigenvalue weighted by atomic mass is 32.1. The van der Waals surface area contributed by atoms with Crippen LogP contribution in [-0.2, 0) is 6.42 Å². The average molecular weight is 224 g/mol. The van der Waals surface area contributed by atoms with Crippen molar-refractivity contribution in [2.75, 3.05) is 18.5 Å². The Labute approximate surface area is 91.9 Å². The summed E-state index contributed by atoms with van der Waals surface area (Å²) >= 11 is 1.29. The van der Waals surface area contributed by atoms with Gasteiger partial charge in [0.25, 0.3) is 0 Å². The molecule has 0 aromatic carbocycles. The van der Waals surface area contributed by atoms with E-state index in [2.05, 4.69) is 14.8 Å². The summed E-state index contributed by atoms with van der Waals surface area (Å²) in [5, 5.41) is 8.27. The first kappa shape index (κ1) is 10.1. The van der Waals surface area contributed by atoms with Crippen LogP contribution in [0.5, 0.6) is 0 Å². The highest BCUT2D eigenvalue weighted by molar-refractivity contribution is 7.09. The fraction of sp³-hybridized carbons (Fsp3) is 0.444. The Morgan fingerprint density at radius 2 is 2.33 bits per heavy atom. The average Bonchev–Trinajstić information content (AvgIpc) is 2.84. The predicted octanol–water partition coefficient (Wildman–Crippen LogP) is 1.51. The molecule has 0 aliphatic heterocycles. The van der Waals surface area contributed by atoms with E-state index in [1.807, 2.05) is 31.0 Å². The van der Waals surface area contributed by atoms with Crippen molar-refractivity contribution >= 4 is 16.7 Å². The Morgan fingerprint density at radius 1 is 1.47 bits per heavy atom. The second-order valence-corrected chi connectivity index (χ2v) is 4.04. The minimum absolute atomic E-state index is 0.832. The quantitative estimate of drug-likeness (QED) is 0.788. The Morgan fingerprint density at radius 3 is 2.93 bits per heavy atom. The van der Waals surface area contributed by atoms with Crippen molar-refractivity contribution in [2.45, 2.75) is 13.3 Å². The second-order valence-electron chi connectivity index (χ2n) is 3.33. The highest BCUT2D eigenvalue weighted by Gasteiger charge is 2.06. The molecule has 0 bridgehead atoms. The molecule has 2 aromatic rings. The number of nitrogens with zero attached hydrogens (tertiary/aromatic N) is 4. The first-order valence-corrected chi connectivity index (χ1v) is 5.44. The van der Waals surface area contributed by atoms with Crippen molar-refractivity contribution < 1.29 is 4.42 Å². The van der Waals surface area contributed by atoms with E-state index < -0.39 is 0 Å². The molecule has 0 saturated heterocycles. The van der Waals surface area contributed by atoms with Crippen LogP contribution < -0.4 is 4.90 Å². The van der Waals surface area contributed by atoms with Crippen LogP contribution in [0.25, 0.3) is 0 Å². The van der Waals surface area contributed by atoms with Gasteiger partial charge in [0.2, 0.25) is 5.13 Å². The van der Waals surface area contributed by atoms with Crippen LogP contribution >= 0.6 is 11.5 Å². The van der Waals surface area contributed by atoms with Gasteiger partial charge in [-0.2, -0.15) is 0 Å². The SMILES string of the molecule is Cc1ccc(CCN(C)c2nnns2)o1. The van der Waals surface area contributed by atoms with Crippen LogP contribution in [0, 0.1) is 6.92 Å². The lowest BCUT2D eigenvalue weighted by molar-refractivity contribution is 0.483.